The van der Waals surface area contributed by atoms with Crippen LogP contribution >= 0.6 is 11.3 Å². The third-order valence-corrected chi connectivity index (χ3v) is 3.67. The minimum atomic E-state index is 0.542. The summed E-state index contributed by atoms with van der Waals surface area (Å²) < 4.78 is 5.87. The van der Waals surface area contributed by atoms with Crippen molar-refractivity contribution in [1.29, 1.82) is 0 Å². The van der Waals surface area contributed by atoms with Gasteiger partial charge in [0.25, 0.3) is 0 Å². The van der Waals surface area contributed by atoms with E-state index in [-0.39, 0.29) is 0 Å². The first-order valence-electron chi connectivity index (χ1n) is 5.98. The average Bonchev–Trinajstić information content (AvgIpc) is 2.77. The summed E-state index contributed by atoms with van der Waals surface area (Å²) in [5, 5.41) is 4.14. The van der Waals surface area contributed by atoms with Crippen LogP contribution in [-0.2, 0) is 13.2 Å². The summed E-state index contributed by atoms with van der Waals surface area (Å²) in [5.41, 5.74) is 2.34. The Hall–Kier alpha value is -1.39. The standard InChI is InChI=1S/C14H18N2OS/c1-10-5-4-6-11(2)14(10)17-9-13-16-8-12(18-13)7-15-3/h4-6,8,15H,7,9H2,1-3H3. The molecular formula is C14H18N2OS. The van der Waals surface area contributed by atoms with Gasteiger partial charge in [0.2, 0.25) is 0 Å². The van der Waals surface area contributed by atoms with Crippen molar-refractivity contribution in [3.05, 3.63) is 45.4 Å². The first kappa shape index (κ1) is 13.1. The molecule has 1 aromatic heterocycles. The fourth-order valence-electron chi connectivity index (χ4n) is 1.83. The van der Waals surface area contributed by atoms with Crippen LogP contribution in [0.4, 0.5) is 0 Å². The number of aromatic nitrogens is 1. The molecule has 18 heavy (non-hydrogen) atoms. The second-order valence-corrected chi connectivity index (χ2v) is 5.46. The first-order valence-corrected chi connectivity index (χ1v) is 6.79. The fourth-order valence-corrected chi connectivity index (χ4v) is 2.68. The number of nitrogens with zero attached hydrogens (tertiary/aromatic N) is 1. The molecule has 2 aromatic rings. The topological polar surface area (TPSA) is 34.2 Å². The van der Waals surface area contributed by atoms with E-state index in [0.29, 0.717) is 6.61 Å². The maximum absolute atomic E-state index is 5.87. The van der Waals surface area contributed by atoms with E-state index in [1.54, 1.807) is 11.3 Å². The molecule has 1 heterocycles. The highest BCUT2D eigenvalue weighted by Gasteiger charge is 2.06. The van der Waals surface area contributed by atoms with Crippen molar-refractivity contribution in [2.75, 3.05) is 7.05 Å². The lowest BCUT2D eigenvalue weighted by atomic mass is 10.1. The zero-order chi connectivity index (χ0) is 13.0. The number of ether oxygens (including phenoxy) is 1. The van der Waals surface area contributed by atoms with E-state index in [1.807, 2.05) is 19.3 Å². The largest absolute Gasteiger partial charge is 0.486 e. The number of thiazole rings is 1. The highest BCUT2D eigenvalue weighted by molar-refractivity contribution is 7.11. The molecule has 0 fully saturated rings. The number of para-hydroxylation sites is 1. The van der Waals surface area contributed by atoms with Gasteiger partial charge in [-0.3, -0.25) is 0 Å². The number of hydrogen-bond acceptors (Lipinski definition) is 4. The van der Waals surface area contributed by atoms with Gasteiger partial charge in [0.1, 0.15) is 17.4 Å². The van der Waals surface area contributed by atoms with Crippen LogP contribution in [-0.4, -0.2) is 12.0 Å². The van der Waals surface area contributed by atoms with Crippen molar-refractivity contribution in [2.24, 2.45) is 0 Å². The second kappa shape index (κ2) is 5.98. The van der Waals surface area contributed by atoms with Crippen molar-refractivity contribution in [3.63, 3.8) is 0 Å². The molecule has 0 aliphatic rings. The summed E-state index contributed by atoms with van der Waals surface area (Å²) in [6, 6.07) is 6.18. The molecule has 3 nitrogen and oxygen atoms in total. The van der Waals surface area contributed by atoms with Gasteiger partial charge in [0, 0.05) is 17.6 Å². The number of aryl methyl sites for hydroxylation is 2. The first-order chi connectivity index (χ1) is 8.70. The Morgan fingerprint density at radius 1 is 1.28 bits per heavy atom. The number of hydrogen-bond donors (Lipinski definition) is 1. The van der Waals surface area contributed by atoms with Crippen molar-refractivity contribution in [2.45, 2.75) is 27.0 Å². The van der Waals surface area contributed by atoms with E-state index in [9.17, 15) is 0 Å². The summed E-state index contributed by atoms with van der Waals surface area (Å²) in [6.07, 6.45) is 1.91. The van der Waals surface area contributed by atoms with Gasteiger partial charge in [-0.25, -0.2) is 4.98 Å². The van der Waals surface area contributed by atoms with E-state index in [4.69, 9.17) is 4.74 Å². The predicted octanol–water partition coefficient (Wildman–Crippen LogP) is 3.06. The van der Waals surface area contributed by atoms with Crippen LogP contribution in [0, 0.1) is 13.8 Å². The van der Waals surface area contributed by atoms with Gasteiger partial charge in [-0.15, -0.1) is 11.3 Å². The van der Waals surface area contributed by atoms with E-state index >= 15 is 0 Å². The third-order valence-electron chi connectivity index (χ3n) is 2.70. The van der Waals surface area contributed by atoms with Crippen LogP contribution < -0.4 is 10.1 Å². The van der Waals surface area contributed by atoms with Gasteiger partial charge in [-0.05, 0) is 32.0 Å². The minimum Gasteiger partial charge on any atom is -0.486 e. The quantitative estimate of drug-likeness (QED) is 0.899. The lowest BCUT2D eigenvalue weighted by Crippen LogP contribution is -2.02. The zero-order valence-electron chi connectivity index (χ0n) is 11.0. The molecule has 0 spiro atoms. The number of benzene rings is 1. The van der Waals surface area contributed by atoms with Crippen LogP contribution in [0.3, 0.4) is 0 Å². The molecule has 4 heteroatoms. The molecule has 96 valence electrons. The summed E-state index contributed by atoms with van der Waals surface area (Å²) in [4.78, 5) is 5.60. The SMILES string of the molecule is CNCc1cnc(COc2c(C)cccc2C)s1. The van der Waals surface area contributed by atoms with Crippen LogP contribution in [0.5, 0.6) is 5.75 Å². The molecule has 0 aliphatic carbocycles. The predicted molar refractivity (Wildman–Crippen MR) is 75.1 cm³/mol. The minimum absolute atomic E-state index is 0.542. The van der Waals surface area contributed by atoms with E-state index in [1.165, 1.54) is 16.0 Å². The van der Waals surface area contributed by atoms with Gasteiger partial charge in [-0.2, -0.15) is 0 Å². The molecule has 0 bridgehead atoms. The molecule has 0 saturated heterocycles. The Morgan fingerprint density at radius 2 is 2.00 bits per heavy atom. The van der Waals surface area contributed by atoms with Crippen LogP contribution in [0.1, 0.15) is 21.0 Å². The second-order valence-electron chi connectivity index (χ2n) is 4.26. The molecule has 0 saturated carbocycles. The monoisotopic (exact) mass is 262 g/mol. The van der Waals surface area contributed by atoms with Gasteiger partial charge in [-0.1, -0.05) is 18.2 Å². The summed E-state index contributed by atoms with van der Waals surface area (Å²) >= 11 is 1.69. The molecule has 0 atom stereocenters. The fraction of sp³-hybridized carbons (Fsp3) is 0.357. The van der Waals surface area contributed by atoms with Crippen LogP contribution in [0.15, 0.2) is 24.4 Å². The molecule has 1 N–H and O–H groups in total. The molecule has 0 unspecified atom stereocenters. The lowest BCUT2D eigenvalue weighted by molar-refractivity contribution is 0.301. The Kier molecular flexibility index (Phi) is 4.33. The Balaban J connectivity index is 2.02. The molecule has 0 aliphatic heterocycles. The molecule has 1 aromatic carbocycles. The van der Waals surface area contributed by atoms with Gasteiger partial charge in [0.05, 0.1) is 0 Å². The Bertz CT molecular complexity index is 502. The maximum Gasteiger partial charge on any atom is 0.140 e. The smallest absolute Gasteiger partial charge is 0.140 e. The average molecular weight is 262 g/mol. The summed E-state index contributed by atoms with van der Waals surface area (Å²) in [7, 11) is 1.94. The molecule has 0 amide bonds. The number of nitrogens with one attached hydrogen (secondary N) is 1. The highest BCUT2D eigenvalue weighted by atomic mass is 32.1. The van der Waals surface area contributed by atoms with Crippen molar-refractivity contribution in [1.82, 2.24) is 10.3 Å². The van der Waals surface area contributed by atoms with E-state index < -0.39 is 0 Å². The molecule has 2 rings (SSSR count). The van der Waals surface area contributed by atoms with Crippen molar-refractivity contribution < 1.29 is 4.74 Å². The van der Waals surface area contributed by atoms with Gasteiger partial charge in [0.15, 0.2) is 0 Å². The summed E-state index contributed by atoms with van der Waals surface area (Å²) in [6.45, 7) is 5.54. The van der Waals surface area contributed by atoms with E-state index in [0.717, 1.165) is 17.3 Å². The summed E-state index contributed by atoms with van der Waals surface area (Å²) in [5.74, 6) is 0.975. The van der Waals surface area contributed by atoms with Gasteiger partial charge >= 0.3 is 0 Å². The normalized spacial score (nSPS) is 10.6. The van der Waals surface area contributed by atoms with Crippen LogP contribution in [0.25, 0.3) is 0 Å². The van der Waals surface area contributed by atoms with Crippen molar-refractivity contribution in [3.8, 4) is 5.75 Å². The Morgan fingerprint density at radius 3 is 2.67 bits per heavy atom. The zero-order valence-corrected chi connectivity index (χ0v) is 11.8. The molecule has 0 radical (unpaired) electrons. The van der Waals surface area contributed by atoms with Crippen LogP contribution in [0.2, 0.25) is 0 Å². The molecular weight excluding hydrogens is 244 g/mol. The maximum atomic E-state index is 5.87. The lowest BCUT2D eigenvalue weighted by Gasteiger charge is -2.10. The van der Waals surface area contributed by atoms with Gasteiger partial charge < -0.3 is 10.1 Å². The Labute approximate surface area is 112 Å². The van der Waals surface area contributed by atoms with Crippen molar-refractivity contribution >= 4 is 11.3 Å². The van der Waals surface area contributed by atoms with E-state index in [2.05, 4.69) is 36.3 Å². The number of rotatable bonds is 5. The third kappa shape index (κ3) is 3.09. The highest BCUT2D eigenvalue weighted by Crippen LogP contribution is 2.24.